The Morgan fingerprint density at radius 2 is 1.65 bits per heavy atom. The zero-order valence-corrected chi connectivity index (χ0v) is 23.5. The molecule has 1 aliphatic rings. The Morgan fingerprint density at radius 1 is 1.00 bits per heavy atom. The summed E-state index contributed by atoms with van der Waals surface area (Å²) in [6.45, 7) is -0.108. The molecular weight excluding hydrogens is 575 g/mol. The van der Waals surface area contributed by atoms with Gasteiger partial charge in [0.2, 0.25) is 5.67 Å². The molecule has 3 aromatic carbocycles. The van der Waals surface area contributed by atoms with E-state index in [4.69, 9.17) is 21.1 Å². The lowest BCUT2D eigenvalue weighted by molar-refractivity contribution is -0.884. The number of halogens is 6. The van der Waals surface area contributed by atoms with Crippen molar-refractivity contribution in [3.05, 3.63) is 93.5 Å². The predicted molar refractivity (Wildman–Crippen MR) is 137 cm³/mol. The van der Waals surface area contributed by atoms with E-state index in [0.29, 0.717) is 28.1 Å². The van der Waals surface area contributed by atoms with Crippen LogP contribution in [0.4, 0.5) is 23.2 Å². The lowest BCUT2D eigenvalue weighted by Crippen LogP contribution is -3.00. The van der Waals surface area contributed by atoms with Crippen molar-refractivity contribution in [2.24, 2.45) is 0 Å². The molecule has 0 saturated heterocycles. The summed E-state index contributed by atoms with van der Waals surface area (Å²) < 4.78 is 68.5. The number of rotatable bonds is 7. The third kappa shape index (κ3) is 6.04. The van der Waals surface area contributed by atoms with Crippen LogP contribution >= 0.6 is 11.6 Å². The average Bonchev–Trinajstić information content (AvgIpc) is 3.08. The van der Waals surface area contributed by atoms with Crippen LogP contribution in [0.3, 0.4) is 0 Å². The first kappa shape index (κ1) is 31.2. The van der Waals surface area contributed by atoms with Gasteiger partial charge in [0.15, 0.2) is 6.73 Å². The van der Waals surface area contributed by atoms with Gasteiger partial charge < -0.3 is 26.4 Å². The standard InChI is InChI=1S/C28H26ClF4N2O4.ClH/c1-35(2,3)15-17-5-7-18(8-6-17)25(36)39-16-34-23-13-19(28(31,32)33)9-11-21(23)27(30,26(34)37)22-14-20(29)10-12-24(22)38-4;/h5-14H,15-16H2,1-4H3;1H/q+1;/p-1. The number of carbonyl (C=O) groups is 2. The van der Waals surface area contributed by atoms with Gasteiger partial charge in [-0.2, -0.15) is 13.2 Å². The fourth-order valence-electron chi connectivity index (χ4n) is 4.47. The number of esters is 1. The highest BCUT2D eigenvalue weighted by Gasteiger charge is 2.55. The molecule has 1 unspecified atom stereocenters. The van der Waals surface area contributed by atoms with Gasteiger partial charge in [0.05, 0.1) is 45.1 Å². The topological polar surface area (TPSA) is 55.8 Å². The Kier molecular flexibility index (Phi) is 8.79. The van der Waals surface area contributed by atoms with E-state index < -0.39 is 36.0 Å². The minimum Gasteiger partial charge on any atom is -1.00 e. The molecule has 1 atom stereocenters. The van der Waals surface area contributed by atoms with Gasteiger partial charge >= 0.3 is 12.1 Å². The number of anilines is 1. The number of benzene rings is 3. The van der Waals surface area contributed by atoms with Crippen molar-refractivity contribution >= 4 is 29.2 Å². The molecule has 6 nitrogen and oxygen atoms in total. The molecule has 3 aromatic rings. The van der Waals surface area contributed by atoms with Crippen molar-refractivity contribution in [3.63, 3.8) is 0 Å². The second kappa shape index (κ2) is 11.3. The van der Waals surface area contributed by atoms with E-state index in [0.717, 1.165) is 11.6 Å². The molecule has 0 aromatic heterocycles. The summed E-state index contributed by atoms with van der Waals surface area (Å²) in [5.74, 6) is -2.11. The van der Waals surface area contributed by atoms with Crippen LogP contribution in [0.15, 0.2) is 60.7 Å². The number of alkyl halides is 4. The molecule has 0 spiro atoms. The number of methoxy groups -OCH3 is 1. The summed E-state index contributed by atoms with van der Waals surface area (Å²) in [5.41, 5.74) is -3.94. The molecule has 1 heterocycles. The molecular formula is C28H26Cl2F4N2O4. The summed E-state index contributed by atoms with van der Waals surface area (Å²) in [6, 6.07) is 12.8. The Balaban J connectivity index is 0.00000441. The van der Waals surface area contributed by atoms with E-state index in [1.54, 1.807) is 24.3 Å². The Labute approximate surface area is 240 Å². The predicted octanol–water partition coefficient (Wildman–Crippen LogP) is 2.95. The second-order valence-corrected chi connectivity index (χ2v) is 10.6. The van der Waals surface area contributed by atoms with E-state index >= 15 is 4.39 Å². The van der Waals surface area contributed by atoms with Crippen LogP contribution in [0.5, 0.6) is 5.75 Å². The van der Waals surface area contributed by atoms with E-state index in [2.05, 4.69) is 0 Å². The Hall–Kier alpha value is -3.34. The molecule has 0 fully saturated rings. The number of fused-ring (bicyclic) bond motifs is 1. The highest BCUT2D eigenvalue weighted by atomic mass is 35.5. The lowest BCUT2D eigenvalue weighted by atomic mass is 9.88. The van der Waals surface area contributed by atoms with Crippen molar-refractivity contribution in [2.45, 2.75) is 18.4 Å². The highest BCUT2D eigenvalue weighted by molar-refractivity contribution is 6.30. The van der Waals surface area contributed by atoms with Crippen LogP contribution in [0, 0.1) is 0 Å². The number of hydrogen-bond donors (Lipinski definition) is 0. The molecule has 4 rings (SSSR count). The zero-order chi connectivity index (χ0) is 28.8. The molecule has 0 aliphatic carbocycles. The van der Waals surface area contributed by atoms with Crippen LogP contribution < -0.4 is 22.0 Å². The maximum Gasteiger partial charge on any atom is 0.416 e. The molecule has 1 amide bonds. The van der Waals surface area contributed by atoms with Gasteiger partial charge in [-0.15, -0.1) is 0 Å². The van der Waals surface area contributed by atoms with Gasteiger partial charge in [0, 0.05) is 21.7 Å². The molecule has 40 heavy (non-hydrogen) atoms. The van der Waals surface area contributed by atoms with Crippen molar-refractivity contribution in [1.29, 1.82) is 0 Å². The summed E-state index contributed by atoms with van der Waals surface area (Å²) in [6.07, 6.45) is -4.76. The van der Waals surface area contributed by atoms with Crippen molar-refractivity contribution < 1.29 is 53.5 Å². The van der Waals surface area contributed by atoms with Crippen LogP contribution in [0.2, 0.25) is 5.02 Å². The smallest absolute Gasteiger partial charge is 0.416 e. The fraction of sp³-hybridized carbons (Fsp3) is 0.286. The van der Waals surface area contributed by atoms with Crippen LogP contribution in [0.1, 0.15) is 32.6 Å². The molecule has 0 saturated carbocycles. The number of hydrogen-bond acceptors (Lipinski definition) is 4. The molecule has 0 radical (unpaired) electrons. The number of quaternary nitrogens is 1. The summed E-state index contributed by atoms with van der Waals surface area (Å²) in [5, 5.41) is 0.0858. The molecule has 0 N–H and O–H groups in total. The largest absolute Gasteiger partial charge is 1.00 e. The first-order valence-electron chi connectivity index (χ1n) is 11.8. The van der Waals surface area contributed by atoms with E-state index in [9.17, 15) is 22.8 Å². The maximum absolute atomic E-state index is 16.8. The number of carbonyl (C=O) groups excluding carboxylic acids is 2. The minimum atomic E-state index is -4.76. The molecule has 214 valence electrons. The maximum atomic E-state index is 16.8. The summed E-state index contributed by atoms with van der Waals surface area (Å²) in [4.78, 5) is 26.9. The van der Waals surface area contributed by atoms with E-state index in [1.807, 2.05) is 21.1 Å². The van der Waals surface area contributed by atoms with Gasteiger partial charge in [0.1, 0.15) is 12.3 Å². The quantitative estimate of drug-likeness (QED) is 0.238. The molecule has 1 aliphatic heterocycles. The normalized spacial score (nSPS) is 16.8. The third-order valence-corrected chi connectivity index (χ3v) is 6.47. The minimum absolute atomic E-state index is 0. The lowest BCUT2D eigenvalue weighted by Gasteiger charge is -2.24. The Bertz CT molecular complexity index is 1430. The Morgan fingerprint density at radius 3 is 2.23 bits per heavy atom. The third-order valence-electron chi connectivity index (χ3n) is 6.23. The summed E-state index contributed by atoms with van der Waals surface area (Å²) in [7, 11) is 7.30. The van der Waals surface area contributed by atoms with Crippen LogP contribution in [-0.4, -0.2) is 51.3 Å². The van der Waals surface area contributed by atoms with Gasteiger partial charge in [-0.1, -0.05) is 29.8 Å². The second-order valence-electron chi connectivity index (χ2n) is 10.2. The zero-order valence-electron chi connectivity index (χ0n) is 22.0. The number of ether oxygens (including phenoxy) is 2. The van der Waals surface area contributed by atoms with Gasteiger partial charge in [-0.05, 0) is 42.5 Å². The average molecular weight is 601 g/mol. The van der Waals surface area contributed by atoms with Gasteiger partial charge in [-0.25, -0.2) is 9.18 Å². The van der Waals surface area contributed by atoms with E-state index in [-0.39, 0.29) is 45.6 Å². The van der Waals surface area contributed by atoms with E-state index in [1.165, 1.54) is 25.3 Å². The van der Waals surface area contributed by atoms with Crippen molar-refractivity contribution in [1.82, 2.24) is 0 Å². The molecule has 12 heteroatoms. The van der Waals surface area contributed by atoms with Crippen molar-refractivity contribution in [2.75, 3.05) is 39.9 Å². The van der Waals surface area contributed by atoms with Crippen LogP contribution in [-0.2, 0) is 27.9 Å². The number of amides is 1. The van der Waals surface area contributed by atoms with Crippen LogP contribution in [0.25, 0.3) is 0 Å². The SMILES string of the molecule is COc1ccc(Cl)cc1C1(F)C(=O)N(COC(=O)c2ccc(C[N+](C)(C)C)cc2)c2cc(C(F)(F)F)ccc21.[Cl-]. The number of nitrogens with zero attached hydrogens (tertiary/aromatic N) is 2. The molecule has 0 bridgehead atoms. The summed E-state index contributed by atoms with van der Waals surface area (Å²) >= 11 is 6.06. The van der Waals surface area contributed by atoms with Gasteiger partial charge in [-0.3, -0.25) is 9.69 Å². The fourth-order valence-corrected chi connectivity index (χ4v) is 4.64. The van der Waals surface area contributed by atoms with Gasteiger partial charge in [0.25, 0.3) is 5.91 Å². The highest BCUT2D eigenvalue weighted by Crippen LogP contribution is 2.51. The van der Waals surface area contributed by atoms with Crippen molar-refractivity contribution in [3.8, 4) is 5.75 Å². The first-order valence-corrected chi connectivity index (χ1v) is 12.2. The first-order chi connectivity index (χ1) is 18.1. The monoisotopic (exact) mass is 600 g/mol.